The van der Waals surface area contributed by atoms with E-state index >= 15 is 0 Å². The van der Waals surface area contributed by atoms with E-state index in [1.165, 1.54) is 16.7 Å². The van der Waals surface area contributed by atoms with Gasteiger partial charge in [-0.1, -0.05) is 30.0 Å². The van der Waals surface area contributed by atoms with Gasteiger partial charge in [-0.05, 0) is 53.5 Å². The first-order chi connectivity index (χ1) is 11.4. The average molecular weight is 430 g/mol. The predicted molar refractivity (Wildman–Crippen MR) is 102 cm³/mol. The van der Waals surface area contributed by atoms with Gasteiger partial charge < -0.3 is 9.47 Å². The first-order valence-corrected chi connectivity index (χ1v) is 9.18. The van der Waals surface area contributed by atoms with E-state index in [4.69, 9.17) is 21.7 Å². The zero-order chi connectivity index (χ0) is 17.9. The molecule has 0 aromatic heterocycles. The van der Waals surface area contributed by atoms with Crippen molar-refractivity contribution in [1.82, 2.24) is 4.90 Å². The van der Waals surface area contributed by atoms with E-state index in [0.29, 0.717) is 15.0 Å². The number of rotatable bonds is 5. The first-order valence-electron chi connectivity index (χ1n) is 7.16. The molecule has 0 saturated carbocycles. The van der Waals surface area contributed by atoms with E-state index in [-0.39, 0.29) is 12.5 Å². The summed E-state index contributed by atoms with van der Waals surface area (Å²) in [5.74, 6) is -0.0598. The highest BCUT2D eigenvalue weighted by molar-refractivity contribution is 9.10. The Labute approximate surface area is 158 Å². The minimum atomic E-state index is -0.744. The summed E-state index contributed by atoms with van der Waals surface area (Å²) in [7, 11) is 1.58. The molecule has 2 rings (SSSR count). The van der Waals surface area contributed by atoms with Crippen molar-refractivity contribution < 1.29 is 19.1 Å². The van der Waals surface area contributed by atoms with Gasteiger partial charge in [-0.15, -0.1) is 0 Å². The average Bonchev–Trinajstić information content (AvgIpc) is 2.81. The third kappa shape index (κ3) is 3.99. The molecule has 1 aromatic carbocycles. The van der Waals surface area contributed by atoms with Gasteiger partial charge in [-0.2, -0.15) is 0 Å². The van der Waals surface area contributed by atoms with Crippen LogP contribution in [0.1, 0.15) is 19.4 Å². The number of esters is 1. The third-order valence-electron chi connectivity index (χ3n) is 3.31. The van der Waals surface area contributed by atoms with Gasteiger partial charge in [-0.3, -0.25) is 9.69 Å². The number of amides is 1. The van der Waals surface area contributed by atoms with Crippen molar-refractivity contribution >= 4 is 62.2 Å². The fourth-order valence-corrected chi connectivity index (χ4v) is 4.08. The second-order valence-corrected chi connectivity index (χ2v) is 7.40. The van der Waals surface area contributed by atoms with Gasteiger partial charge in [0.05, 0.1) is 23.1 Å². The quantitative estimate of drug-likeness (QED) is 0.404. The molecule has 0 bridgehead atoms. The molecule has 128 valence electrons. The number of halogens is 1. The number of nitrogens with zero attached hydrogens (tertiary/aromatic N) is 1. The predicted octanol–water partition coefficient (Wildman–Crippen LogP) is 3.61. The Balaban J connectivity index is 2.24. The van der Waals surface area contributed by atoms with Crippen molar-refractivity contribution in [3.05, 3.63) is 33.1 Å². The van der Waals surface area contributed by atoms with E-state index in [2.05, 4.69) is 15.9 Å². The van der Waals surface area contributed by atoms with Gasteiger partial charge in [-0.25, -0.2) is 4.79 Å². The van der Waals surface area contributed by atoms with E-state index in [9.17, 15) is 9.59 Å². The molecule has 0 radical (unpaired) electrons. The van der Waals surface area contributed by atoms with E-state index in [0.717, 1.165) is 10.0 Å². The van der Waals surface area contributed by atoms with Crippen molar-refractivity contribution in [1.29, 1.82) is 0 Å². The number of thiocarbonyl (C=S) groups is 1. The van der Waals surface area contributed by atoms with Crippen LogP contribution < -0.4 is 4.74 Å². The van der Waals surface area contributed by atoms with Gasteiger partial charge in [0, 0.05) is 0 Å². The molecule has 0 spiro atoms. The minimum Gasteiger partial charge on any atom is -0.496 e. The molecule has 1 aliphatic heterocycles. The highest BCUT2D eigenvalue weighted by Gasteiger charge is 2.38. The van der Waals surface area contributed by atoms with E-state index in [1.54, 1.807) is 33.1 Å². The molecule has 1 unspecified atom stereocenters. The SMILES string of the molecule is CCOC(=O)C(C)N1C(=O)/C(=C/c2ccc(OC)c(Br)c2)SC1=S. The van der Waals surface area contributed by atoms with E-state index in [1.807, 2.05) is 12.1 Å². The molecule has 0 aliphatic carbocycles. The lowest BCUT2D eigenvalue weighted by Crippen LogP contribution is -2.42. The molecule has 1 saturated heterocycles. The molecule has 24 heavy (non-hydrogen) atoms. The highest BCUT2D eigenvalue weighted by atomic mass is 79.9. The van der Waals surface area contributed by atoms with Crippen LogP contribution in [0.15, 0.2) is 27.6 Å². The molecular formula is C16H16BrNO4S2. The Bertz CT molecular complexity index is 720. The highest BCUT2D eigenvalue weighted by Crippen LogP contribution is 2.35. The Kier molecular flexibility index (Phi) is 6.42. The molecule has 0 N–H and O–H groups in total. The van der Waals surface area contributed by atoms with Crippen LogP contribution in [0.4, 0.5) is 0 Å². The standard InChI is InChI=1S/C16H16BrNO4S2/c1-4-22-15(20)9(2)18-14(19)13(24-16(18)23)8-10-5-6-12(21-3)11(17)7-10/h5-9H,4H2,1-3H3/b13-8-. The number of ether oxygens (including phenoxy) is 2. The van der Waals surface area contributed by atoms with Crippen LogP contribution in [-0.4, -0.2) is 40.9 Å². The minimum absolute atomic E-state index is 0.258. The normalized spacial score (nSPS) is 17.3. The summed E-state index contributed by atoms with van der Waals surface area (Å²) in [5, 5.41) is 0. The number of thioether (sulfide) groups is 1. The van der Waals surface area contributed by atoms with Gasteiger partial charge in [0.2, 0.25) is 0 Å². The van der Waals surface area contributed by atoms with Gasteiger partial charge in [0.1, 0.15) is 16.1 Å². The van der Waals surface area contributed by atoms with Crippen molar-refractivity contribution in [2.24, 2.45) is 0 Å². The molecular weight excluding hydrogens is 414 g/mol. The fraction of sp³-hybridized carbons (Fsp3) is 0.312. The second-order valence-electron chi connectivity index (χ2n) is 4.87. The summed E-state index contributed by atoms with van der Waals surface area (Å²) in [5.41, 5.74) is 0.826. The monoisotopic (exact) mass is 429 g/mol. The van der Waals surface area contributed by atoms with Crippen molar-refractivity contribution in [2.75, 3.05) is 13.7 Å². The van der Waals surface area contributed by atoms with Crippen LogP contribution in [0.25, 0.3) is 6.08 Å². The van der Waals surface area contributed by atoms with Crippen molar-refractivity contribution in [3.63, 3.8) is 0 Å². The summed E-state index contributed by atoms with van der Waals surface area (Å²) in [6, 6.07) is 4.74. The molecule has 1 fully saturated rings. The number of benzene rings is 1. The van der Waals surface area contributed by atoms with Crippen molar-refractivity contribution in [3.8, 4) is 5.75 Å². The summed E-state index contributed by atoms with van der Waals surface area (Å²) < 4.78 is 11.3. The maximum absolute atomic E-state index is 12.6. The number of hydrogen-bond acceptors (Lipinski definition) is 6. The second kappa shape index (κ2) is 8.13. The molecule has 8 heteroatoms. The Morgan fingerprint density at radius 2 is 2.21 bits per heavy atom. The molecule has 1 heterocycles. The van der Waals surface area contributed by atoms with Crippen LogP contribution in [0, 0.1) is 0 Å². The lowest BCUT2D eigenvalue weighted by atomic mass is 10.2. The maximum Gasteiger partial charge on any atom is 0.329 e. The topological polar surface area (TPSA) is 55.8 Å². The van der Waals surface area contributed by atoms with Crippen LogP contribution in [-0.2, 0) is 14.3 Å². The Morgan fingerprint density at radius 3 is 2.79 bits per heavy atom. The van der Waals surface area contributed by atoms with Crippen LogP contribution in [0.2, 0.25) is 0 Å². The zero-order valence-corrected chi connectivity index (χ0v) is 16.6. The summed E-state index contributed by atoms with van der Waals surface area (Å²) in [6.45, 7) is 3.58. The lowest BCUT2D eigenvalue weighted by molar-refractivity contribution is -0.149. The number of carbonyl (C=O) groups excluding carboxylic acids is 2. The summed E-state index contributed by atoms with van der Waals surface area (Å²) >= 11 is 9.83. The number of hydrogen-bond donors (Lipinski definition) is 0. The summed E-state index contributed by atoms with van der Waals surface area (Å²) in [4.78, 5) is 26.2. The summed E-state index contributed by atoms with van der Waals surface area (Å²) in [6.07, 6.45) is 1.74. The zero-order valence-electron chi connectivity index (χ0n) is 13.4. The molecule has 1 amide bonds. The van der Waals surface area contributed by atoms with Gasteiger partial charge in [0.15, 0.2) is 0 Å². The first kappa shape index (κ1) is 19.0. The Morgan fingerprint density at radius 1 is 1.50 bits per heavy atom. The number of carbonyl (C=O) groups is 2. The van der Waals surface area contributed by atoms with Crippen LogP contribution in [0.3, 0.4) is 0 Å². The molecule has 1 aromatic rings. The van der Waals surface area contributed by atoms with Crippen LogP contribution >= 0.6 is 39.9 Å². The largest absolute Gasteiger partial charge is 0.496 e. The van der Waals surface area contributed by atoms with Crippen LogP contribution in [0.5, 0.6) is 5.75 Å². The third-order valence-corrected chi connectivity index (χ3v) is 5.26. The van der Waals surface area contributed by atoms with Crippen molar-refractivity contribution in [2.45, 2.75) is 19.9 Å². The molecule has 1 atom stereocenters. The van der Waals surface area contributed by atoms with Gasteiger partial charge in [0.25, 0.3) is 5.91 Å². The fourth-order valence-electron chi connectivity index (χ4n) is 2.11. The Hall–Kier alpha value is -1.38. The van der Waals surface area contributed by atoms with E-state index < -0.39 is 12.0 Å². The lowest BCUT2D eigenvalue weighted by Gasteiger charge is -2.21. The number of methoxy groups -OCH3 is 1. The smallest absolute Gasteiger partial charge is 0.329 e. The maximum atomic E-state index is 12.6. The molecule has 1 aliphatic rings. The molecule has 5 nitrogen and oxygen atoms in total. The van der Waals surface area contributed by atoms with Gasteiger partial charge >= 0.3 is 5.97 Å².